The van der Waals surface area contributed by atoms with Gasteiger partial charge < -0.3 is 11.1 Å². The van der Waals surface area contributed by atoms with E-state index in [-0.39, 0.29) is 17.6 Å². The molecule has 3 N–H and O–H groups in total. The van der Waals surface area contributed by atoms with E-state index in [0.717, 1.165) is 12.0 Å². The highest BCUT2D eigenvalue weighted by molar-refractivity contribution is 5.78. The summed E-state index contributed by atoms with van der Waals surface area (Å²) in [5.74, 6) is -0.0909. The molecule has 1 unspecified atom stereocenters. The van der Waals surface area contributed by atoms with Gasteiger partial charge in [0.05, 0.1) is 5.92 Å². The molecular weight excluding hydrogens is 231 g/mol. The fraction of sp³-hybridized carbons (Fsp3) is 0.500. The van der Waals surface area contributed by atoms with Gasteiger partial charge in [-0.3, -0.25) is 4.79 Å². The third kappa shape index (κ3) is 4.84. The molecule has 0 heterocycles. The van der Waals surface area contributed by atoms with Crippen LogP contribution in [0.15, 0.2) is 24.3 Å². The molecule has 18 heavy (non-hydrogen) atoms. The molecule has 0 fully saturated rings. The summed E-state index contributed by atoms with van der Waals surface area (Å²) in [4.78, 5) is 11.9. The molecule has 1 atom stereocenters. The highest BCUT2D eigenvalue weighted by Gasteiger charge is 2.17. The maximum absolute atomic E-state index is 13.0. The van der Waals surface area contributed by atoms with Gasteiger partial charge in [0.25, 0.3) is 0 Å². The van der Waals surface area contributed by atoms with E-state index in [1.54, 1.807) is 12.1 Å². The Hall–Kier alpha value is -1.42. The van der Waals surface area contributed by atoms with Gasteiger partial charge in [0, 0.05) is 13.1 Å². The number of amides is 1. The van der Waals surface area contributed by atoms with Crippen molar-refractivity contribution in [3.63, 3.8) is 0 Å². The molecule has 1 rings (SSSR count). The molecule has 0 saturated heterocycles. The van der Waals surface area contributed by atoms with Gasteiger partial charge in [-0.05, 0) is 30.0 Å². The topological polar surface area (TPSA) is 55.1 Å². The summed E-state index contributed by atoms with van der Waals surface area (Å²) in [6.07, 6.45) is 0.769. The molecule has 1 amide bonds. The average Bonchev–Trinajstić information content (AvgIpc) is 2.33. The Balaban J connectivity index is 2.49. The van der Waals surface area contributed by atoms with Crippen LogP contribution < -0.4 is 11.1 Å². The van der Waals surface area contributed by atoms with E-state index in [2.05, 4.69) is 19.2 Å². The Morgan fingerprint density at radius 1 is 1.44 bits per heavy atom. The fourth-order valence-corrected chi connectivity index (χ4v) is 1.86. The van der Waals surface area contributed by atoms with Crippen molar-refractivity contribution in [2.45, 2.75) is 26.8 Å². The maximum Gasteiger partial charge on any atom is 0.224 e. The van der Waals surface area contributed by atoms with Gasteiger partial charge in [-0.1, -0.05) is 26.0 Å². The quantitative estimate of drug-likeness (QED) is 0.814. The lowest BCUT2D eigenvalue weighted by atomic mass is 9.96. The Morgan fingerprint density at radius 3 is 2.72 bits per heavy atom. The summed E-state index contributed by atoms with van der Waals surface area (Å²) in [7, 11) is 0. The second-order valence-corrected chi connectivity index (χ2v) is 4.91. The molecular formula is C14H21FN2O. The molecule has 0 aliphatic carbocycles. The number of nitrogens with two attached hydrogens (primary N) is 1. The van der Waals surface area contributed by atoms with E-state index >= 15 is 0 Å². The molecule has 100 valence electrons. The van der Waals surface area contributed by atoms with Gasteiger partial charge in [0.15, 0.2) is 0 Å². The first-order valence-corrected chi connectivity index (χ1v) is 6.25. The van der Waals surface area contributed by atoms with Crippen LogP contribution in [0.4, 0.5) is 4.39 Å². The largest absolute Gasteiger partial charge is 0.352 e. The Bertz CT molecular complexity index is 393. The summed E-state index contributed by atoms with van der Waals surface area (Å²) in [6, 6.07) is 6.21. The minimum absolute atomic E-state index is 0.0598. The van der Waals surface area contributed by atoms with Gasteiger partial charge in [-0.2, -0.15) is 0 Å². The minimum atomic E-state index is -0.292. The van der Waals surface area contributed by atoms with Crippen LogP contribution in [-0.2, 0) is 11.3 Å². The van der Waals surface area contributed by atoms with Crippen LogP contribution in [-0.4, -0.2) is 12.5 Å². The molecule has 0 spiro atoms. The van der Waals surface area contributed by atoms with Gasteiger partial charge >= 0.3 is 0 Å². The second kappa shape index (κ2) is 7.11. The summed E-state index contributed by atoms with van der Waals surface area (Å²) >= 11 is 0. The lowest BCUT2D eigenvalue weighted by molar-refractivity contribution is -0.125. The number of rotatable bonds is 6. The first-order chi connectivity index (χ1) is 8.52. The number of carbonyl (C=O) groups excluding carboxylic acids is 1. The molecule has 3 nitrogen and oxygen atoms in total. The van der Waals surface area contributed by atoms with Crippen LogP contribution in [0, 0.1) is 17.7 Å². The van der Waals surface area contributed by atoms with Gasteiger partial charge in [0.2, 0.25) is 5.91 Å². The van der Waals surface area contributed by atoms with E-state index in [1.807, 2.05) is 0 Å². The van der Waals surface area contributed by atoms with Crippen molar-refractivity contribution in [2.24, 2.45) is 17.6 Å². The number of carbonyl (C=O) groups is 1. The number of nitrogens with one attached hydrogen (secondary N) is 1. The van der Waals surface area contributed by atoms with Crippen molar-refractivity contribution in [1.29, 1.82) is 0 Å². The summed E-state index contributed by atoms with van der Waals surface area (Å²) in [5, 5.41) is 2.80. The fourth-order valence-electron chi connectivity index (χ4n) is 1.86. The Labute approximate surface area is 108 Å². The van der Waals surface area contributed by atoms with Crippen LogP contribution in [0.5, 0.6) is 0 Å². The van der Waals surface area contributed by atoms with Crippen LogP contribution in [0.3, 0.4) is 0 Å². The van der Waals surface area contributed by atoms with Crippen LogP contribution in [0.1, 0.15) is 25.8 Å². The highest BCUT2D eigenvalue weighted by Crippen LogP contribution is 2.11. The molecule has 0 saturated carbocycles. The summed E-state index contributed by atoms with van der Waals surface area (Å²) < 4.78 is 13.0. The second-order valence-electron chi connectivity index (χ2n) is 4.91. The Morgan fingerprint density at radius 2 is 2.17 bits per heavy atom. The van der Waals surface area contributed by atoms with Crippen LogP contribution in [0.25, 0.3) is 0 Å². The van der Waals surface area contributed by atoms with Crippen molar-refractivity contribution in [3.05, 3.63) is 35.6 Å². The third-order valence-corrected chi connectivity index (χ3v) is 2.77. The van der Waals surface area contributed by atoms with Crippen LogP contribution >= 0.6 is 0 Å². The number of halogens is 1. The number of benzene rings is 1. The SMILES string of the molecule is CC(C)CC(CN)C(=O)NCc1cccc(F)c1. The zero-order chi connectivity index (χ0) is 13.5. The van der Waals surface area contributed by atoms with E-state index in [9.17, 15) is 9.18 Å². The van der Waals surface area contributed by atoms with Crippen molar-refractivity contribution < 1.29 is 9.18 Å². The number of hydrogen-bond donors (Lipinski definition) is 2. The van der Waals surface area contributed by atoms with E-state index in [1.165, 1.54) is 12.1 Å². The minimum Gasteiger partial charge on any atom is -0.352 e. The summed E-state index contributed by atoms with van der Waals surface area (Å²) in [6.45, 7) is 4.80. The van der Waals surface area contributed by atoms with Crippen LogP contribution in [0.2, 0.25) is 0 Å². The predicted molar refractivity (Wildman–Crippen MR) is 70.2 cm³/mol. The Kier molecular flexibility index (Phi) is 5.78. The number of hydrogen-bond acceptors (Lipinski definition) is 2. The molecule has 0 aliphatic heterocycles. The lowest BCUT2D eigenvalue weighted by Crippen LogP contribution is -2.35. The summed E-state index contributed by atoms with van der Waals surface area (Å²) in [5.41, 5.74) is 6.35. The first kappa shape index (κ1) is 14.6. The van der Waals surface area contributed by atoms with Crippen molar-refractivity contribution in [2.75, 3.05) is 6.54 Å². The molecule has 1 aromatic rings. The standard InChI is InChI=1S/C14H21FN2O/c1-10(2)6-12(8-16)14(18)17-9-11-4-3-5-13(15)7-11/h3-5,7,10,12H,6,8-9,16H2,1-2H3,(H,17,18). The molecule has 0 radical (unpaired) electrons. The van der Waals surface area contributed by atoms with Gasteiger partial charge in [-0.25, -0.2) is 4.39 Å². The normalized spacial score (nSPS) is 12.5. The average molecular weight is 252 g/mol. The van der Waals surface area contributed by atoms with E-state index < -0.39 is 0 Å². The van der Waals surface area contributed by atoms with Crippen molar-refractivity contribution >= 4 is 5.91 Å². The third-order valence-electron chi connectivity index (χ3n) is 2.77. The molecule has 1 aromatic carbocycles. The van der Waals surface area contributed by atoms with E-state index in [4.69, 9.17) is 5.73 Å². The maximum atomic E-state index is 13.0. The zero-order valence-corrected chi connectivity index (χ0v) is 10.9. The van der Waals surface area contributed by atoms with Gasteiger partial charge in [-0.15, -0.1) is 0 Å². The van der Waals surface area contributed by atoms with Crippen molar-refractivity contribution in [1.82, 2.24) is 5.32 Å². The molecule has 0 aliphatic rings. The monoisotopic (exact) mass is 252 g/mol. The molecule has 0 bridgehead atoms. The molecule has 0 aromatic heterocycles. The first-order valence-electron chi connectivity index (χ1n) is 6.25. The van der Waals surface area contributed by atoms with Crippen molar-refractivity contribution in [3.8, 4) is 0 Å². The molecule has 4 heteroatoms. The lowest BCUT2D eigenvalue weighted by Gasteiger charge is -2.16. The highest BCUT2D eigenvalue weighted by atomic mass is 19.1. The van der Waals surface area contributed by atoms with Gasteiger partial charge in [0.1, 0.15) is 5.82 Å². The zero-order valence-electron chi connectivity index (χ0n) is 10.9. The van der Waals surface area contributed by atoms with E-state index in [0.29, 0.717) is 19.0 Å². The predicted octanol–water partition coefficient (Wildman–Crippen LogP) is 2.06. The smallest absolute Gasteiger partial charge is 0.224 e.